The van der Waals surface area contributed by atoms with Crippen molar-refractivity contribution in [3.05, 3.63) is 40.1 Å². The maximum Gasteiger partial charge on any atom is 0.271 e. The van der Waals surface area contributed by atoms with E-state index in [1.54, 1.807) is 0 Å². The lowest BCUT2D eigenvalue weighted by atomic mass is 10.1. The Morgan fingerprint density at radius 2 is 1.92 bits per heavy atom. The van der Waals surface area contributed by atoms with Gasteiger partial charge in [0.1, 0.15) is 5.76 Å². The van der Waals surface area contributed by atoms with Gasteiger partial charge in [0, 0.05) is 10.9 Å². The SMILES string of the molecule is Cc1ccc(-c2csc(=N)o2)cc1. The summed E-state index contributed by atoms with van der Waals surface area (Å²) in [7, 11) is 0. The van der Waals surface area contributed by atoms with Gasteiger partial charge in [-0.2, -0.15) is 0 Å². The van der Waals surface area contributed by atoms with E-state index < -0.39 is 0 Å². The van der Waals surface area contributed by atoms with Crippen molar-refractivity contribution in [2.75, 3.05) is 0 Å². The van der Waals surface area contributed by atoms with Crippen LogP contribution in [-0.4, -0.2) is 0 Å². The molecule has 0 unspecified atom stereocenters. The van der Waals surface area contributed by atoms with E-state index in [1.807, 2.05) is 36.6 Å². The molecule has 2 nitrogen and oxygen atoms in total. The molecule has 0 saturated carbocycles. The van der Waals surface area contributed by atoms with Crippen LogP contribution in [0.2, 0.25) is 0 Å². The molecule has 0 radical (unpaired) electrons. The summed E-state index contributed by atoms with van der Waals surface area (Å²) >= 11 is 1.30. The second-order valence-corrected chi connectivity index (χ2v) is 3.70. The summed E-state index contributed by atoms with van der Waals surface area (Å²) in [5.74, 6) is 0.773. The van der Waals surface area contributed by atoms with E-state index in [1.165, 1.54) is 16.9 Å². The number of benzene rings is 1. The van der Waals surface area contributed by atoms with Crippen LogP contribution in [0.1, 0.15) is 5.56 Å². The Morgan fingerprint density at radius 1 is 1.23 bits per heavy atom. The summed E-state index contributed by atoms with van der Waals surface area (Å²) in [5.41, 5.74) is 2.26. The molecule has 0 amide bonds. The highest BCUT2D eigenvalue weighted by atomic mass is 32.1. The van der Waals surface area contributed by atoms with Gasteiger partial charge in [-0.05, 0) is 6.92 Å². The van der Waals surface area contributed by atoms with E-state index in [4.69, 9.17) is 9.83 Å². The summed E-state index contributed by atoms with van der Waals surface area (Å²) in [6.45, 7) is 2.05. The first kappa shape index (κ1) is 8.26. The molecule has 1 N–H and O–H groups in total. The van der Waals surface area contributed by atoms with Crippen molar-refractivity contribution in [2.24, 2.45) is 0 Å². The average molecular weight is 191 g/mol. The summed E-state index contributed by atoms with van der Waals surface area (Å²) < 4.78 is 5.19. The number of hydrogen-bond acceptors (Lipinski definition) is 3. The minimum absolute atomic E-state index is 0.246. The second-order valence-electron chi connectivity index (χ2n) is 2.86. The third kappa shape index (κ3) is 1.70. The van der Waals surface area contributed by atoms with Crippen molar-refractivity contribution in [2.45, 2.75) is 6.92 Å². The van der Waals surface area contributed by atoms with E-state index in [0.717, 1.165) is 11.3 Å². The fraction of sp³-hybridized carbons (Fsp3) is 0.100. The Morgan fingerprint density at radius 3 is 2.46 bits per heavy atom. The van der Waals surface area contributed by atoms with Gasteiger partial charge in [-0.25, -0.2) is 0 Å². The molecule has 0 aliphatic rings. The molecular weight excluding hydrogens is 182 g/mol. The second kappa shape index (κ2) is 3.18. The predicted octanol–water partition coefficient (Wildman–Crippen LogP) is 2.80. The fourth-order valence-corrected chi connectivity index (χ4v) is 1.64. The van der Waals surface area contributed by atoms with Crippen LogP contribution in [0.5, 0.6) is 0 Å². The number of aryl methyl sites for hydroxylation is 1. The third-order valence-electron chi connectivity index (χ3n) is 1.81. The molecule has 0 aliphatic heterocycles. The number of hydrogen-bond donors (Lipinski definition) is 1. The molecule has 3 heteroatoms. The summed E-state index contributed by atoms with van der Waals surface area (Å²) in [6.07, 6.45) is 0. The van der Waals surface area contributed by atoms with Gasteiger partial charge in [0.05, 0.1) is 0 Å². The molecule has 1 aromatic heterocycles. The van der Waals surface area contributed by atoms with Crippen LogP contribution < -0.4 is 4.87 Å². The Kier molecular flexibility index (Phi) is 2.02. The molecule has 0 saturated heterocycles. The standard InChI is InChI=1S/C10H9NOS/c1-7-2-4-8(5-3-7)9-6-13-10(11)12-9/h2-6,11H,1H3. The number of nitrogens with one attached hydrogen (secondary N) is 1. The zero-order chi connectivity index (χ0) is 9.26. The quantitative estimate of drug-likeness (QED) is 0.739. The van der Waals surface area contributed by atoms with Crippen LogP contribution in [0.4, 0.5) is 0 Å². The summed E-state index contributed by atoms with van der Waals surface area (Å²) in [4.78, 5) is 0.246. The molecular formula is C10H9NOS. The fourth-order valence-electron chi connectivity index (χ4n) is 1.10. The van der Waals surface area contributed by atoms with Crippen LogP contribution in [0, 0.1) is 12.3 Å². The molecule has 0 spiro atoms. The average Bonchev–Trinajstić information content (AvgIpc) is 2.53. The molecule has 0 atom stereocenters. The largest absolute Gasteiger partial charge is 0.430 e. The zero-order valence-corrected chi connectivity index (χ0v) is 8.02. The highest BCUT2D eigenvalue weighted by molar-refractivity contribution is 7.07. The molecule has 13 heavy (non-hydrogen) atoms. The molecule has 2 aromatic rings. The highest BCUT2D eigenvalue weighted by Gasteiger charge is 2.00. The van der Waals surface area contributed by atoms with E-state index in [0.29, 0.717) is 0 Å². The monoisotopic (exact) mass is 191 g/mol. The summed E-state index contributed by atoms with van der Waals surface area (Å²) in [6, 6.07) is 8.07. The lowest BCUT2D eigenvalue weighted by molar-refractivity contribution is 0.529. The maximum absolute atomic E-state index is 7.26. The Labute approximate surface area is 80.0 Å². The lowest BCUT2D eigenvalue weighted by Crippen LogP contribution is -1.82. The molecule has 2 rings (SSSR count). The van der Waals surface area contributed by atoms with Gasteiger partial charge in [-0.1, -0.05) is 41.2 Å². The molecule has 0 aliphatic carbocycles. The van der Waals surface area contributed by atoms with E-state index in [-0.39, 0.29) is 4.87 Å². The minimum atomic E-state index is 0.246. The minimum Gasteiger partial charge on any atom is -0.430 e. The normalized spacial score (nSPS) is 10.2. The lowest BCUT2D eigenvalue weighted by Gasteiger charge is -1.95. The predicted molar refractivity (Wildman–Crippen MR) is 52.6 cm³/mol. The van der Waals surface area contributed by atoms with Gasteiger partial charge in [-0.15, -0.1) is 0 Å². The van der Waals surface area contributed by atoms with E-state index in [9.17, 15) is 0 Å². The first-order chi connectivity index (χ1) is 6.25. The van der Waals surface area contributed by atoms with Crippen molar-refractivity contribution in [3.8, 4) is 11.3 Å². The van der Waals surface area contributed by atoms with Crippen molar-refractivity contribution < 1.29 is 4.42 Å². The van der Waals surface area contributed by atoms with Crippen molar-refractivity contribution >= 4 is 11.3 Å². The molecule has 66 valence electrons. The van der Waals surface area contributed by atoms with Crippen LogP contribution in [-0.2, 0) is 0 Å². The van der Waals surface area contributed by atoms with Crippen LogP contribution in [0.25, 0.3) is 11.3 Å². The van der Waals surface area contributed by atoms with Crippen LogP contribution in [0.15, 0.2) is 34.1 Å². The van der Waals surface area contributed by atoms with Gasteiger partial charge >= 0.3 is 0 Å². The molecule has 0 bridgehead atoms. The van der Waals surface area contributed by atoms with Gasteiger partial charge in [-0.3, -0.25) is 5.41 Å². The van der Waals surface area contributed by atoms with Crippen LogP contribution >= 0.6 is 11.3 Å². The van der Waals surface area contributed by atoms with E-state index >= 15 is 0 Å². The van der Waals surface area contributed by atoms with Crippen molar-refractivity contribution in [1.82, 2.24) is 0 Å². The van der Waals surface area contributed by atoms with Gasteiger partial charge < -0.3 is 4.42 Å². The first-order valence-corrected chi connectivity index (χ1v) is 4.84. The summed E-state index contributed by atoms with van der Waals surface area (Å²) in [5, 5.41) is 9.11. The Bertz CT molecular complexity index is 452. The van der Waals surface area contributed by atoms with Crippen molar-refractivity contribution in [3.63, 3.8) is 0 Å². The Balaban J connectivity index is 2.47. The van der Waals surface area contributed by atoms with Gasteiger partial charge in [0.15, 0.2) is 0 Å². The maximum atomic E-state index is 7.26. The first-order valence-electron chi connectivity index (χ1n) is 3.96. The smallest absolute Gasteiger partial charge is 0.271 e. The zero-order valence-electron chi connectivity index (χ0n) is 7.20. The topological polar surface area (TPSA) is 37.0 Å². The van der Waals surface area contributed by atoms with Gasteiger partial charge in [0.25, 0.3) is 4.87 Å². The van der Waals surface area contributed by atoms with Gasteiger partial charge in [0.2, 0.25) is 0 Å². The third-order valence-corrected chi connectivity index (χ3v) is 2.44. The van der Waals surface area contributed by atoms with E-state index in [2.05, 4.69) is 0 Å². The number of rotatable bonds is 1. The molecule has 1 aromatic carbocycles. The van der Waals surface area contributed by atoms with Crippen molar-refractivity contribution in [1.29, 1.82) is 5.41 Å². The van der Waals surface area contributed by atoms with Crippen LogP contribution in [0.3, 0.4) is 0 Å². The highest BCUT2D eigenvalue weighted by Crippen LogP contribution is 2.19. The molecule has 0 fully saturated rings. The molecule has 1 heterocycles. The Hall–Kier alpha value is -1.35.